The van der Waals surface area contributed by atoms with Crippen LogP contribution in [0.2, 0.25) is 0 Å². The summed E-state index contributed by atoms with van der Waals surface area (Å²) in [6.07, 6.45) is 0. The zero-order valence-electron chi connectivity index (χ0n) is 17.3. The Morgan fingerprint density at radius 2 is 1.17 bits per heavy atom. The molecule has 0 N–H and O–H groups in total. The average molecular weight is 881 g/mol. The first kappa shape index (κ1) is 46.2. The smallest absolute Gasteiger partial charge is 0.128 e. The minimum atomic E-state index is 0. The lowest BCUT2D eigenvalue weighted by Crippen LogP contribution is -3.00. The lowest BCUT2D eigenvalue weighted by Gasteiger charge is -2.27. The van der Waals surface area contributed by atoms with Crippen molar-refractivity contribution in [1.82, 2.24) is 4.90 Å². The Labute approximate surface area is 253 Å². The summed E-state index contributed by atoms with van der Waals surface area (Å²) in [5.74, 6) is 3.62. The van der Waals surface area contributed by atoms with E-state index in [4.69, 9.17) is 58.0 Å². The van der Waals surface area contributed by atoms with Gasteiger partial charge in [-0.15, -0.1) is 82.0 Å². The second-order valence-electron chi connectivity index (χ2n) is 6.92. The van der Waals surface area contributed by atoms with Gasteiger partial charge in [-0.3, -0.25) is 0 Å². The second-order valence-corrected chi connectivity index (χ2v) is 8.81. The van der Waals surface area contributed by atoms with Gasteiger partial charge in [-0.25, -0.2) is 0 Å². The van der Waals surface area contributed by atoms with Crippen LogP contribution in [0.1, 0.15) is 7.43 Å². The summed E-state index contributed by atoms with van der Waals surface area (Å²) < 4.78 is 2.14. The van der Waals surface area contributed by atoms with Gasteiger partial charge in [0.25, 0.3) is 0 Å². The fourth-order valence-electron chi connectivity index (χ4n) is 1.57. The predicted octanol–water partition coefficient (Wildman–Crippen LogP) is 3.65. The van der Waals surface area contributed by atoms with Crippen LogP contribution in [-0.2, 0) is 0 Å². The van der Waals surface area contributed by atoms with Gasteiger partial charge in [-0.1, -0.05) is 7.43 Å². The Kier molecular flexibility index (Phi) is 50.7. The Hall–Kier alpha value is 3.81. The number of rotatable bonds is 10. The first-order valence-corrected chi connectivity index (χ1v) is 17.4. The zero-order valence-corrected chi connectivity index (χ0v) is 28.4. The van der Waals surface area contributed by atoms with E-state index in [0.717, 1.165) is 43.1 Å². The van der Waals surface area contributed by atoms with Gasteiger partial charge in [-0.05, 0) is 7.05 Å². The molecule has 1 saturated heterocycles. The van der Waals surface area contributed by atoms with Crippen molar-refractivity contribution < 1.29 is 21.4 Å². The standard InChI is InChI=1S/C6H14Cl2N.C5H11Cl2N.C5H11ClN.CH4.ClH.I2.HI/c1-9(2,5-3-7)6-4-8;1-8(4-2-6)5-3-7;1-7(3-2-6)4-5-7;;;1-2;/h3-6H2,1-2H3;2-5H2,1H3;2-5H2,1H3;1H4;1H;;1H/q+1;;+1;;;;/p-1. The van der Waals surface area contributed by atoms with Crippen molar-refractivity contribution >= 4 is 119 Å². The van der Waals surface area contributed by atoms with Crippen LogP contribution in [0.3, 0.4) is 0 Å². The Morgan fingerprint density at radius 1 is 0.828 bits per heavy atom. The molecule has 0 radical (unpaired) electrons. The molecule has 1 rings (SSSR count). The van der Waals surface area contributed by atoms with Gasteiger partial charge in [0.1, 0.15) is 13.1 Å². The highest BCUT2D eigenvalue weighted by Crippen LogP contribution is 2.15. The van der Waals surface area contributed by atoms with Gasteiger partial charge in [-0.2, -0.15) is 0 Å². The van der Waals surface area contributed by atoms with Gasteiger partial charge in [0.15, 0.2) is 0 Å². The van der Waals surface area contributed by atoms with Gasteiger partial charge in [0, 0.05) is 62.1 Å². The zero-order chi connectivity index (χ0) is 21.1. The number of alkyl halides is 5. The Morgan fingerprint density at radius 3 is 1.34 bits per heavy atom. The maximum Gasteiger partial charge on any atom is 0.128 e. The van der Waals surface area contributed by atoms with Crippen molar-refractivity contribution in [3.63, 3.8) is 0 Å². The molecule has 0 bridgehead atoms. The van der Waals surface area contributed by atoms with Gasteiger partial charge in [0.2, 0.25) is 0 Å². The summed E-state index contributed by atoms with van der Waals surface area (Å²) in [4.78, 5) is 2.10. The molecule has 0 aromatic carbocycles. The molecule has 1 aliphatic heterocycles. The van der Waals surface area contributed by atoms with Crippen molar-refractivity contribution in [3.05, 3.63) is 0 Å². The molecule has 29 heavy (non-hydrogen) atoms. The molecular weight excluding hydrogens is 840 g/mol. The summed E-state index contributed by atoms with van der Waals surface area (Å²) in [7, 11) is 8.50. The molecule has 0 atom stereocenters. The maximum absolute atomic E-state index is 5.56. The van der Waals surface area contributed by atoms with Crippen molar-refractivity contribution in [2.75, 3.05) is 103 Å². The van der Waals surface area contributed by atoms with E-state index in [1.807, 2.05) is 7.05 Å². The summed E-state index contributed by atoms with van der Waals surface area (Å²) >= 11 is 31.8. The van der Waals surface area contributed by atoms with Crippen molar-refractivity contribution in [2.45, 2.75) is 7.43 Å². The van der Waals surface area contributed by atoms with E-state index in [-0.39, 0.29) is 43.8 Å². The first-order chi connectivity index (χ1) is 12.2. The fourth-order valence-corrected chi connectivity index (χ4v) is 3.47. The highest BCUT2D eigenvalue weighted by atomic mass is 128. The third kappa shape index (κ3) is 39.3. The molecule has 1 heterocycles. The summed E-state index contributed by atoms with van der Waals surface area (Å²) in [6.45, 7) is 7.67. The normalized spacial score (nSPS) is 12.8. The number of quaternary nitrogens is 2. The number of likely N-dealkylation sites (N-methyl/N-ethyl adjacent to an activating group) is 1. The molecule has 0 unspecified atom stereocenters. The second kappa shape index (κ2) is 31.8. The Bertz CT molecular complexity index is 279. The van der Waals surface area contributed by atoms with Crippen molar-refractivity contribution in [2.24, 2.45) is 0 Å². The molecule has 1 fully saturated rings. The minimum Gasteiger partial charge on any atom is -1.00 e. The molecule has 0 amide bonds. The van der Waals surface area contributed by atoms with E-state index in [0.29, 0.717) is 23.5 Å². The van der Waals surface area contributed by atoms with Crippen molar-refractivity contribution in [3.8, 4) is 0 Å². The van der Waals surface area contributed by atoms with Crippen LogP contribution < -0.4 is 12.4 Å². The van der Waals surface area contributed by atoms with E-state index in [1.54, 1.807) is 0 Å². The summed E-state index contributed by atoms with van der Waals surface area (Å²) in [6, 6.07) is 0. The molecule has 1 aliphatic rings. The topological polar surface area (TPSA) is 3.24 Å². The Balaban J connectivity index is -0.0000000626. The quantitative estimate of drug-likeness (QED) is 0.141. The van der Waals surface area contributed by atoms with E-state index in [2.05, 4.69) is 63.3 Å². The van der Waals surface area contributed by atoms with E-state index in [9.17, 15) is 0 Å². The van der Waals surface area contributed by atoms with Crippen LogP contribution in [0.15, 0.2) is 0 Å². The maximum atomic E-state index is 5.56. The first-order valence-electron chi connectivity index (χ1n) is 8.48. The lowest BCUT2D eigenvalue weighted by atomic mass is 10.5. The van der Waals surface area contributed by atoms with Gasteiger partial charge in [0.05, 0.1) is 58.4 Å². The van der Waals surface area contributed by atoms with Crippen LogP contribution in [-0.4, -0.2) is 117 Å². The molecule has 3 nitrogen and oxygen atoms in total. The third-order valence-electron chi connectivity index (χ3n) is 3.92. The number of halogens is 9. The third-order valence-corrected chi connectivity index (χ3v) is 4.77. The summed E-state index contributed by atoms with van der Waals surface area (Å²) in [5.41, 5.74) is 0. The monoisotopic (exact) mass is 878 g/mol. The molecule has 0 spiro atoms. The van der Waals surface area contributed by atoms with E-state index < -0.39 is 0 Å². The summed E-state index contributed by atoms with van der Waals surface area (Å²) in [5, 5.41) is 0. The van der Waals surface area contributed by atoms with Crippen LogP contribution in [0, 0.1) is 0 Å². The van der Waals surface area contributed by atoms with Crippen LogP contribution in [0.5, 0.6) is 0 Å². The molecule has 12 heteroatoms. The fraction of sp³-hybridized carbons (Fsp3) is 1.00. The minimum absolute atomic E-state index is 0. The lowest BCUT2D eigenvalue weighted by molar-refractivity contribution is -0.885. The highest BCUT2D eigenvalue weighted by molar-refractivity contribution is 15.0. The highest BCUT2D eigenvalue weighted by Gasteiger charge is 2.35. The number of hydrogen-bond donors (Lipinski definition) is 0. The molecule has 0 aliphatic carbocycles. The molecule has 0 aromatic heterocycles. The van der Waals surface area contributed by atoms with Crippen LogP contribution in [0.4, 0.5) is 0 Å². The average Bonchev–Trinajstić information content (AvgIpc) is 3.28. The van der Waals surface area contributed by atoms with Gasteiger partial charge < -0.3 is 26.3 Å². The predicted molar refractivity (Wildman–Crippen MR) is 164 cm³/mol. The number of nitrogens with zero attached hydrogens (tertiary/aromatic N) is 3. The molecule has 0 saturated carbocycles. The molecular formula is C17H41Cl6I3N3+. The van der Waals surface area contributed by atoms with Gasteiger partial charge >= 0.3 is 0 Å². The van der Waals surface area contributed by atoms with Crippen LogP contribution >= 0.6 is 119 Å². The SMILES string of the molecule is C.CN(CCCl)CCCl.C[N+](C)(CCCl)CCCl.C[N+]1(CCCl)CC1.I.II.[Cl-]. The van der Waals surface area contributed by atoms with Crippen LogP contribution in [0.25, 0.3) is 0 Å². The van der Waals surface area contributed by atoms with Crippen molar-refractivity contribution in [1.29, 1.82) is 0 Å². The van der Waals surface area contributed by atoms with E-state index >= 15 is 0 Å². The molecule has 0 aromatic rings. The molecule has 186 valence electrons. The largest absolute Gasteiger partial charge is 1.00 e. The number of hydrogen-bond acceptors (Lipinski definition) is 1. The van der Waals surface area contributed by atoms with E-state index in [1.165, 1.54) is 17.6 Å².